The Balaban J connectivity index is 1.53. The molecule has 0 saturated carbocycles. The Morgan fingerprint density at radius 1 is 1.07 bits per heavy atom. The van der Waals surface area contributed by atoms with Crippen LogP contribution in [0.2, 0.25) is 5.02 Å². The van der Waals surface area contributed by atoms with E-state index in [1.807, 2.05) is 24.3 Å². The lowest BCUT2D eigenvalue weighted by molar-refractivity contribution is 0.0976. The van der Waals surface area contributed by atoms with Crippen molar-refractivity contribution in [3.63, 3.8) is 0 Å². The first kappa shape index (κ1) is 18.9. The number of carbonyl (C=O) groups is 1. The fraction of sp³-hybridized carbons (Fsp3) is 0.100. The Labute approximate surface area is 167 Å². The van der Waals surface area contributed by atoms with Crippen LogP contribution >= 0.6 is 23.8 Å². The number of hydrogen-bond acceptors (Lipinski definition) is 4. The molecular formula is C20H17ClN2O3S. The molecule has 1 heterocycles. The van der Waals surface area contributed by atoms with Crippen LogP contribution in [0, 0.1) is 0 Å². The molecule has 0 radical (unpaired) electrons. The van der Waals surface area contributed by atoms with Gasteiger partial charge in [0.1, 0.15) is 17.3 Å². The van der Waals surface area contributed by atoms with Crippen molar-refractivity contribution >= 4 is 34.8 Å². The van der Waals surface area contributed by atoms with Crippen LogP contribution in [0.25, 0.3) is 11.3 Å². The van der Waals surface area contributed by atoms with E-state index in [2.05, 4.69) is 10.6 Å². The summed E-state index contributed by atoms with van der Waals surface area (Å²) in [6, 6.07) is 17.9. The highest BCUT2D eigenvalue weighted by Gasteiger charge is 2.09. The van der Waals surface area contributed by atoms with Crippen LogP contribution < -0.4 is 15.4 Å². The van der Waals surface area contributed by atoms with Crippen molar-refractivity contribution in [2.75, 3.05) is 7.11 Å². The molecule has 0 aliphatic carbocycles. The predicted octanol–water partition coefficient (Wildman–Crippen LogP) is 4.41. The van der Waals surface area contributed by atoms with E-state index in [-0.39, 0.29) is 11.0 Å². The minimum atomic E-state index is -0.295. The zero-order valence-corrected chi connectivity index (χ0v) is 16.1. The van der Waals surface area contributed by atoms with E-state index >= 15 is 0 Å². The predicted molar refractivity (Wildman–Crippen MR) is 109 cm³/mol. The SMILES string of the molecule is COc1ccc(C(=O)NC(=S)NCc2ccc(-c3ccc(Cl)cc3)o2)cc1. The summed E-state index contributed by atoms with van der Waals surface area (Å²) in [7, 11) is 1.57. The molecule has 3 aromatic rings. The average Bonchev–Trinajstić information content (AvgIpc) is 3.16. The van der Waals surface area contributed by atoms with Crippen molar-refractivity contribution in [3.8, 4) is 17.1 Å². The van der Waals surface area contributed by atoms with Crippen LogP contribution in [-0.4, -0.2) is 18.1 Å². The Kier molecular flexibility index (Phi) is 6.11. The summed E-state index contributed by atoms with van der Waals surface area (Å²) >= 11 is 11.1. The first-order valence-electron chi connectivity index (χ1n) is 8.13. The monoisotopic (exact) mass is 400 g/mol. The normalized spacial score (nSPS) is 10.3. The van der Waals surface area contributed by atoms with Crippen molar-refractivity contribution in [1.82, 2.24) is 10.6 Å². The molecule has 5 nitrogen and oxygen atoms in total. The molecule has 0 aliphatic rings. The standard InChI is InChI=1S/C20H17ClN2O3S/c1-25-16-8-4-14(5-9-16)19(24)23-20(27)22-12-17-10-11-18(26-17)13-2-6-15(21)7-3-13/h2-11H,12H2,1H3,(H2,22,23,24,27). The minimum Gasteiger partial charge on any atom is -0.497 e. The second-order valence-electron chi connectivity index (χ2n) is 5.64. The van der Waals surface area contributed by atoms with Crippen molar-refractivity contribution in [3.05, 3.63) is 77.0 Å². The molecule has 0 aliphatic heterocycles. The van der Waals surface area contributed by atoms with Crippen molar-refractivity contribution in [2.24, 2.45) is 0 Å². The summed E-state index contributed by atoms with van der Waals surface area (Å²) in [5.74, 6) is 1.82. The first-order chi connectivity index (χ1) is 13.0. The van der Waals surface area contributed by atoms with Gasteiger partial charge in [0.2, 0.25) is 0 Å². The van der Waals surface area contributed by atoms with E-state index in [9.17, 15) is 4.79 Å². The highest BCUT2D eigenvalue weighted by Crippen LogP contribution is 2.23. The van der Waals surface area contributed by atoms with Gasteiger partial charge < -0.3 is 14.5 Å². The maximum Gasteiger partial charge on any atom is 0.257 e. The highest BCUT2D eigenvalue weighted by atomic mass is 35.5. The fourth-order valence-electron chi connectivity index (χ4n) is 2.37. The van der Waals surface area contributed by atoms with Gasteiger partial charge in [-0.15, -0.1) is 0 Å². The van der Waals surface area contributed by atoms with Gasteiger partial charge in [-0.1, -0.05) is 11.6 Å². The van der Waals surface area contributed by atoms with Gasteiger partial charge in [-0.25, -0.2) is 0 Å². The number of methoxy groups -OCH3 is 1. The number of amides is 1. The first-order valence-corrected chi connectivity index (χ1v) is 8.91. The average molecular weight is 401 g/mol. The third-order valence-corrected chi connectivity index (χ3v) is 4.29. The molecule has 0 spiro atoms. The Morgan fingerprint density at radius 2 is 1.78 bits per heavy atom. The molecule has 2 N–H and O–H groups in total. The van der Waals surface area contributed by atoms with E-state index in [0.717, 1.165) is 11.3 Å². The molecule has 2 aromatic carbocycles. The molecule has 0 unspecified atom stereocenters. The minimum absolute atomic E-state index is 0.222. The van der Waals surface area contributed by atoms with E-state index in [0.29, 0.717) is 28.6 Å². The Hall–Kier alpha value is -2.83. The van der Waals surface area contributed by atoms with Crippen LogP contribution in [0.1, 0.15) is 16.1 Å². The quantitative estimate of drug-likeness (QED) is 0.621. The number of carbonyl (C=O) groups excluding carboxylic acids is 1. The summed E-state index contributed by atoms with van der Waals surface area (Å²) in [4.78, 5) is 12.2. The van der Waals surface area contributed by atoms with Gasteiger partial charge in [0, 0.05) is 16.1 Å². The molecular weight excluding hydrogens is 384 g/mol. The summed E-state index contributed by atoms with van der Waals surface area (Å²) in [6.07, 6.45) is 0. The zero-order chi connectivity index (χ0) is 19.2. The van der Waals surface area contributed by atoms with E-state index in [4.69, 9.17) is 33.0 Å². The zero-order valence-electron chi connectivity index (χ0n) is 14.5. The Morgan fingerprint density at radius 3 is 2.44 bits per heavy atom. The van der Waals surface area contributed by atoms with Crippen LogP contribution in [0.3, 0.4) is 0 Å². The van der Waals surface area contributed by atoms with Gasteiger partial charge in [-0.2, -0.15) is 0 Å². The maximum atomic E-state index is 12.2. The van der Waals surface area contributed by atoms with Crippen LogP contribution in [0.5, 0.6) is 5.75 Å². The highest BCUT2D eigenvalue weighted by molar-refractivity contribution is 7.80. The fourth-order valence-corrected chi connectivity index (χ4v) is 2.66. The lowest BCUT2D eigenvalue weighted by atomic mass is 10.2. The van der Waals surface area contributed by atoms with Gasteiger partial charge in [-0.05, 0) is 72.9 Å². The number of hydrogen-bond donors (Lipinski definition) is 2. The molecule has 3 rings (SSSR count). The smallest absolute Gasteiger partial charge is 0.257 e. The lowest BCUT2D eigenvalue weighted by Crippen LogP contribution is -2.38. The molecule has 0 bridgehead atoms. The molecule has 0 atom stereocenters. The molecule has 1 aromatic heterocycles. The topological polar surface area (TPSA) is 63.5 Å². The lowest BCUT2D eigenvalue weighted by Gasteiger charge is -2.09. The second-order valence-corrected chi connectivity index (χ2v) is 6.48. The van der Waals surface area contributed by atoms with Crippen molar-refractivity contribution in [2.45, 2.75) is 6.54 Å². The third-order valence-electron chi connectivity index (χ3n) is 3.79. The summed E-state index contributed by atoms with van der Waals surface area (Å²) in [5.41, 5.74) is 1.42. The number of benzene rings is 2. The van der Waals surface area contributed by atoms with E-state index in [1.54, 1.807) is 43.5 Å². The molecule has 1 amide bonds. The van der Waals surface area contributed by atoms with Crippen LogP contribution in [-0.2, 0) is 6.54 Å². The third kappa shape index (κ3) is 5.09. The summed E-state index contributed by atoms with van der Waals surface area (Å²) in [6.45, 7) is 0.356. The van der Waals surface area contributed by atoms with Gasteiger partial charge in [0.25, 0.3) is 5.91 Å². The van der Waals surface area contributed by atoms with Gasteiger partial charge >= 0.3 is 0 Å². The second kappa shape index (κ2) is 8.70. The number of nitrogens with one attached hydrogen (secondary N) is 2. The molecule has 0 saturated heterocycles. The van der Waals surface area contributed by atoms with E-state index in [1.165, 1.54) is 0 Å². The number of rotatable bonds is 5. The van der Waals surface area contributed by atoms with Crippen LogP contribution in [0.4, 0.5) is 0 Å². The van der Waals surface area contributed by atoms with Gasteiger partial charge in [0.15, 0.2) is 5.11 Å². The number of ether oxygens (including phenoxy) is 1. The Bertz CT molecular complexity index is 937. The summed E-state index contributed by atoms with van der Waals surface area (Å²) < 4.78 is 10.9. The van der Waals surface area contributed by atoms with Crippen molar-refractivity contribution < 1.29 is 13.9 Å². The molecule has 138 valence electrons. The number of halogens is 1. The van der Waals surface area contributed by atoms with Gasteiger partial charge in [-0.3, -0.25) is 10.1 Å². The van der Waals surface area contributed by atoms with E-state index < -0.39 is 0 Å². The molecule has 27 heavy (non-hydrogen) atoms. The molecule has 7 heteroatoms. The molecule has 0 fully saturated rings. The van der Waals surface area contributed by atoms with Gasteiger partial charge in [0.05, 0.1) is 13.7 Å². The largest absolute Gasteiger partial charge is 0.497 e. The number of thiocarbonyl (C=S) groups is 1. The maximum absolute atomic E-state index is 12.2. The van der Waals surface area contributed by atoms with Crippen LogP contribution in [0.15, 0.2) is 65.1 Å². The van der Waals surface area contributed by atoms with Crippen molar-refractivity contribution in [1.29, 1.82) is 0 Å². The summed E-state index contributed by atoms with van der Waals surface area (Å²) in [5, 5.41) is 6.48. The number of furan rings is 1.